The van der Waals surface area contributed by atoms with Gasteiger partial charge in [0.1, 0.15) is 0 Å². The zero-order chi connectivity index (χ0) is 10.9. The number of benzene rings is 1. The van der Waals surface area contributed by atoms with Crippen molar-refractivity contribution in [2.24, 2.45) is 5.16 Å². The number of halogens is 3. The number of hydrogen-bond acceptors (Lipinski definition) is 2. The second-order valence-electron chi connectivity index (χ2n) is 3.33. The maximum Gasteiger partial charge on any atom is 0.394 e. The van der Waals surface area contributed by atoms with Gasteiger partial charge in [-0.1, -0.05) is 23.4 Å². The third kappa shape index (κ3) is 2.49. The zero-order valence-electron chi connectivity index (χ0n) is 7.71. The van der Waals surface area contributed by atoms with Crippen LogP contribution in [0.2, 0.25) is 0 Å². The van der Waals surface area contributed by atoms with Crippen molar-refractivity contribution >= 4 is 5.71 Å². The summed E-state index contributed by atoms with van der Waals surface area (Å²) in [5.74, 6) is 0.531. The van der Waals surface area contributed by atoms with E-state index in [1.807, 2.05) is 0 Å². The minimum atomic E-state index is -4.23. The minimum absolute atomic E-state index is 0.0150. The Morgan fingerprint density at radius 2 is 2.00 bits per heavy atom. The van der Waals surface area contributed by atoms with Gasteiger partial charge in [-0.3, -0.25) is 0 Å². The van der Waals surface area contributed by atoms with Crippen molar-refractivity contribution in [3.63, 3.8) is 0 Å². The Bertz CT molecular complexity index is 398. The van der Waals surface area contributed by atoms with Gasteiger partial charge in [-0.2, -0.15) is 13.2 Å². The van der Waals surface area contributed by atoms with Crippen LogP contribution in [-0.4, -0.2) is 11.9 Å². The molecule has 0 saturated carbocycles. The average molecular weight is 215 g/mol. The fourth-order valence-corrected chi connectivity index (χ4v) is 1.43. The molecular formula is C10H8F3NO. The Labute approximate surface area is 84.3 Å². The highest BCUT2D eigenvalue weighted by molar-refractivity contribution is 5.88. The van der Waals surface area contributed by atoms with Gasteiger partial charge in [-0.25, -0.2) is 0 Å². The van der Waals surface area contributed by atoms with Gasteiger partial charge >= 0.3 is 6.18 Å². The van der Waals surface area contributed by atoms with Crippen LogP contribution >= 0.6 is 0 Å². The number of alkyl halides is 3. The molecule has 0 saturated heterocycles. The first-order valence-corrected chi connectivity index (χ1v) is 4.42. The quantitative estimate of drug-likeness (QED) is 0.705. The first-order valence-electron chi connectivity index (χ1n) is 4.42. The monoisotopic (exact) mass is 215 g/mol. The summed E-state index contributed by atoms with van der Waals surface area (Å²) in [5, 5.41) is 3.45. The lowest BCUT2D eigenvalue weighted by molar-refractivity contribution is -0.121. The van der Waals surface area contributed by atoms with Gasteiger partial charge in [0.15, 0.2) is 5.75 Å². The fourth-order valence-electron chi connectivity index (χ4n) is 1.43. The van der Waals surface area contributed by atoms with Crippen LogP contribution in [0, 0.1) is 0 Å². The van der Waals surface area contributed by atoms with Crippen LogP contribution in [-0.2, 0) is 6.42 Å². The van der Waals surface area contributed by atoms with Gasteiger partial charge in [-0.05, 0) is 6.07 Å². The summed E-state index contributed by atoms with van der Waals surface area (Å²) < 4.78 is 36.2. The van der Waals surface area contributed by atoms with E-state index < -0.39 is 12.6 Å². The van der Waals surface area contributed by atoms with Crippen molar-refractivity contribution in [1.82, 2.24) is 0 Å². The molecule has 2 nitrogen and oxygen atoms in total. The van der Waals surface area contributed by atoms with Gasteiger partial charge in [0.25, 0.3) is 0 Å². The molecule has 1 heterocycles. The van der Waals surface area contributed by atoms with E-state index in [4.69, 9.17) is 4.84 Å². The van der Waals surface area contributed by atoms with E-state index >= 15 is 0 Å². The summed E-state index contributed by atoms with van der Waals surface area (Å²) in [7, 11) is 0. The maximum absolute atomic E-state index is 12.1. The van der Waals surface area contributed by atoms with Crippen LogP contribution in [0.4, 0.5) is 13.2 Å². The standard InChI is InChI=1S/C10H8F3NO/c11-10(12,13)6-8-5-7-3-1-2-4-9(7)15-14-8/h1-4H,5-6H2. The van der Waals surface area contributed by atoms with Crippen LogP contribution in [0.1, 0.15) is 12.0 Å². The van der Waals surface area contributed by atoms with E-state index in [2.05, 4.69) is 5.16 Å². The Kier molecular flexibility index (Phi) is 2.38. The first-order chi connectivity index (χ1) is 7.04. The second kappa shape index (κ2) is 3.56. The van der Waals surface area contributed by atoms with E-state index in [0.717, 1.165) is 5.56 Å². The topological polar surface area (TPSA) is 21.6 Å². The highest BCUT2D eigenvalue weighted by Crippen LogP contribution is 2.27. The molecule has 0 radical (unpaired) electrons. The molecular weight excluding hydrogens is 207 g/mol. The van der Waals surface area contributed by atoms with Gasteiger partial charge in [0.05, 0.1) is 12.1 Å². The summed E-state index contributed by atoms with van der Waals surface area (Å²) >= 11 is 0. The predicted octanol–water partition coefficient (Wildman–Crippen LogP) is 2.93. The van der Waals surface area contributed by atoms with E-state index in [1.54, 1.807) is 24.3 Å². The molecule has 0 aliphatic carbocycles. The summed E-state index contributed by atoms with van der Waals surface area (Å²) in [6.07, 6.45) is -5.04. The lowest BCUT2D eigenvalue weighted by Gasteiger charge is -2.15. The summed E-state index contributed by atoms with van der Waals surface area (Å²) in [6.45, 7) is 0. The Morgan fingerprint density at radius 3 is 2.73 bits per heavy atom. The minimum Gasteiger partial charge on any atom is -0.357 e. The Hall–Kier alpha value is -1.52. The molecule has 1 aliphatic heterocycles. The predicted molar refractivity (Wildman–Crippen MR) is 48.9 cm³/mol. The number of hydrogen-bond donors (Lipinski definition) is 0. The smallest absolute Gasteiger partial charge is 0.357 e. The summed E-state index contributed by atoms with van der Waals surface area (Å²) in [6, 6.07) is 6.94. The van der Waals surface area contributed by atoms with Crippen LogP contribution < -0.4 is 4.84 Å². The van der Waals surface area contributed by atoms with Crippen LogP contribution in [0.15, 0.2) is 29.4 Å². The molecule has 1 aromatic rings. The maximum atomic E-state index is 12.1. The van der Waals surface area contributed by atoms with Crippen molar-refractivity contribution < 1.29 is 18.0 Å². The SMILES string of the molecule is FC(F)(F)CC1=NOc2ccccc2C1. The molecule has 0 amide bonds. The van der Waals surface area contributed by atoms with Gasteiger partial charge in [-0.15, -0.1) is 0 Å². The fraction of sp³-hybridized carbons (Fsp3) is 0.300. The van der Waals surface area contributed by atoms with Gasteiger partial charge in [0, 0.05) is 12.0 Å². The Balaban J connectivity index is 2.13. The lowest BCUT2D eigenvalue weighted by Crippen LogP contribution is -2.20. The number of rotatable bonds is 1. The number of para-hydroxylation sites is 1. The number of fused-ring (bicyclic) bond motifs is 1. The van der Waals surface area contributed by atoms with E-state index in [1.165, 1.54) is 0 Å². The van der Waals surface area contributed by atoms with Crippen LogP contribution in [0.5, 0.6) is 5.75 Å². The summed E-state index contributed by atoms with van der Waals surface area (Å²) in [5.41, 5.74) is 0.757. The second-order valence-corrected chi connectivity index (χ2v) is 3.33. The average Bonchev–Trinajstić information content (AvgIpc) is 2.15. The molecule has 0 spiro atoms. The molecule has 80 valence electrons. The highest BCUT2D eigenvalue weighted by Gasteiger charge is 2.31. The van der Waals surface area contributed by atoms with Crippen LogP contribution in [0.3, 0.4) is 0 Å². The van der Waals surface area contributed by atoms with Crippen LogP contribution in [0.25, 0.3) is 0 Å². The van der Waals surface area contributed by atoms with E-state index in [9.17, 15) is 13.2 Å². The highest BCUT2D eigenvalue weighted by atomic mass is 19.4. The molecule has 0 N–H and O–H groups in total. The Morgan fingerprint density at radius 1 is 1.27 bits per heavy atom. The van der Waals surface area contributed by atoms with Crippen molar-refractivity contribution in [3.05, 3.63) is 29.8 Å². The molecule has 1 aromatic carbocycles. The number of nitrogens with zero attached hydrogens (tertiary/aromatic N) is 1. The van der Waals surface area contributed by atoms with Crippen molar-refractivity contribution in [2.45, 2.75) is 19.0 Å². The molecule has 0 bridgehead atoms. The molecule has 5 heteroatoms. The molecule has 0 fully saturated rings. The molecule has 0 atom stereocenters. The third-order valence-electron chi connectivity index (χ3n) is 2.04. The normalized spacial score (nSPS) is 15.3. The van der Waals surface area contributed by atoms with Gasteiger partial charge < -0.3 is 4.84 Å². The molecule has 1 aliphatic rings. The van der Waals surface area contributed by atoms with Gasteiger partial charge in [0.2, 0.25) is 0 Å². The molecule has 0 unspecified atom stereocenters. The zero-order valence-corrected chi connectivity index (χ0v) is 7.71. The van der Waals surface area contributed by atoms with Crippen molar-refractivity contribution in [3.8, 4) is 5.75 Å². The first kappa shape index (κ1) is 10.0. The van der Waals surface area contributed by atoms with E-state index in [-0.39, 0.29) is 12.1 Å². The molecule has 15 heavy (non-hydrogen) atoms. The molecule has 2 rings (SSSR count). The summed E-state index contributed by atoms with van der Waals surface area (Å²) in [4.78, 5) is 4.87. The largest absolute Gasteiger partial charge is 0.394 e. The lowest BCUT2D eigenvalue weighted by atomic mass is 10.0. The van der Waals surface area contributed by atoms with E-state index in [0.29, 0.717) is 5.75 Å². The number of oxime groups is 1. The molecule has 0 aromatic heterocycles. The van der Waals surface area contributed by atoms with Crippen molar-refractivity contribution in [1.29, 1.82) is 0 Å². The van der Waals surface area contributed by atoms with Crippen molar-refractivity contribution in [2.75, 3.05) is 0 Å². The third-order valence-corrected chi connectivity index (χ3v) is 2.04.